The zero-order chi connectivity index (χ0) is 15.3. The Hall–Kier alpha value is -1.17. The Labute approximate surface area is 130 Å². The van der Waals surface area contributed by atoms with Gasteiger partial charge >= 0.3 is 7.12 Å². The van der Waals surface area contributed by atoms with Crippen LogP contribution < -0.4 is 4.78 Å². The van der Waals surface area contributed by atoms with E-state index >= 15 is 0 Å². The lowest BCUT2D eigenvalue weighted by molar-refractivity contribution is 0.00578. The molecule has 5 heteroatoms. The lowest BCUT2D eigenvalue weighted by Crippen LogP contribution is -2.41. The van der Waals surface area contributed by atoms with Gasteiger partial charge in [0.15, 0.2) is 0 Å². The Bertz CT molecular complexity index is 650. The average Bonchev–Trinajstić information content (AvgIpc) is 2.93. The Morgan fingerprint density at radius 1 is 1.10 bits per heavy atom. The van der Waals surface area contributed by atoms with E-state index in [0.29, 0.717) is 0 Å². The Kier molecular flexibility index (Phi) is 3.47. The van der Waals surface area contributed by atoms with Gasteiger partial charge < -0.3 is 9.31 Å². The minimum atomic E-state index is -0.328. The third-order valence-corrected chi connectivity index (χ3v) is 5.34. The molecule has 0 saturated carbocycles. The smallest absolute Gasteiger partial charge is 0.399 e. The summed E-state index contributed by atoms with van der Waals surface area (Å²) in [4.78, 5) is 4.53. The van der Waals surface area contributed by atoms with Gasteiger partial charge in [0.1, 0.15) is 5.01 Å². The molecule has 2 heterocycles. The van der Waals surface area contributed by atoms with Crippen molar-refractivity contribution in [2.45, 2.75) is 45.8 Å². The molecule has 1 aliphatic rings. The Morgan fingerprint density at radius 3 is 2.38 bits per heavy atom. The van der Waals surface area contributed by atoms with Gasteiger partial charge in [-0.15, -0.1) is 11.3 Å². The van der Waals surface area contributed by atoms with Crippen molar-refractivity contribution in [1.29, 1.82) is 0 Å². The van der Waals surface area contributed by atoms with Gasteiger partial charge in [-0.1, -0.05) is 23.8 Å². The Balaban J connectivity index is 1.87. The van der Waals surface area contributed by atoms with Crippen LogP contribution in [0.5, 0.6) is 0 Å². The molecule has 1 aromatic heterocycles. The minimum Gasteiger partial charge on any atom is -0.399 e. The van der Waals surface area contributed by atoms with E-state index in [0.717, 1.165) is 15.3 Å². The van der Waals surface area contributed by atoms with Gasteiger partial charge in [0.05, 0.1) is 16.0 Å². The molecule has 0 aliphatic carbocycles. The molecule has 0 unspecified atom stereocenters. The molecule has 21 heavy (non-hydrogen) atoms. The van der Waals surface area contributed by atoms with E-state index in [2.05, 4.69) is 63.9 Å². The van der Waals surface area contributed by atoms with Crippen LogP contribution in [0.25, 0.3) is 10.6 Å². The first-order valence-corrected chi connectivity index (χ1v) is 7.98. The normalized spacial score (nSPS) is 20.0. The fraction of sp³-hybridized carbons (Fsp3) is 0.438. The van der Waals surface area contributed by atoms with E-state index in [-0.39, 0.29) is 18.3 Å². The molecule has 3 rings (SSSR count). The van der Waals surface area contributed by atoms with Gasteiger partial charge in [-0.25, -0.2) is 4.98 Å². The number of aromatic nitrogens is 1. The lowest BCUT2D eigenvalue weighted by atomic mass is 9.89. The van der Waals surface area contributed by atoms with Crippen LogP contribution in [0.3, 0.4) is 0 Å². The van der Waals surface area contributed by atoms with Crippen molar-refractivity contribution < 1.29 is 9.31 Å². The van der Waals surface area contributed by atoms with Crippen molar-refractivity contribution in [3.05, 3.63) is 36.0 Å². The third-order valence-electron chi connectivity index (χ3n) is 4.27. The number of aryl methyl sites for hydroxylation is 1. The van der Waals surface area contributed by atoms with Crippen LogP contribution in [-0.4, -0.2) is 23.3 Å². The van der Waals surface area contributed by atoms with E-state index in [1.54, 1.807) is 11.3 Å². The number of nitrogens with zero attached hydrogens (tertiary/aromatic N) is 1. The summed E-state index contributed by atoms with van der Waals surface area (Å²) in [5.41, 5.74) is 1.75. The average molecular weight is 301 g/mol. The van der Waals surface area contributed by atoms with Crippen LogP contribution in [0.4, 0.5) is 0 Å². The van der Waals surface area contributed by atoms with Crippen molar-refractivity contribution in [3.63, 3.8) is 0 Å². The molecule has 1 aliphatic heterocycles. The zero-order valence-corrected chi connectivity index (χ0v) is 14.0. The number of thiazole rings is 1. The molecule has 1 fully saturated rings. The minimum absolute atomic E-state index is 0.314. The van der Waals surface area contributed by atoms with E-state index in [1.165, 1.54) is 5.56 Å². The zero-order valence-electron chi connectivity index (χ0n) is 13.1. The van der Waals surface area contributed by atoms with Gasteiger partial charge in [-0.2, -0.15) is 0 Å². The molecule has 3 nitrogen and oxygen atoms in total. The summed E-state index contributed by atoms with van der Waals surface area (Å²) >= 11 is 1.63. The molecule has 0 amide bonds. The summed E-state index contributed by atoms with van der Waals surface area (Å²) in [7, 11) is -0.328. The van der Waals surface area contributed by atoms with Crippen LogP contribution in [-0.2, 0) is 9.31 Å². The van der Waals surface area contributed by atoms with Gasteiger partial charge in [-0.3, -0.25) is 0 Å². The molecular formula is C16H20BNO2S. The lowest BCUT2D eigenvalue weighted by Gasteiger charge is -2.32. The van der Waals surface area contributed by atoms with Crippen LogP contribution in [0.2, 0.25) is 0 Å². The van der Waals surface area contributed by atoms with Gasteiger partial charge in [0, 0.05) is 11.8 Å². The second-order valence-corrected chi connectivity index (χ2v) is 7.59. The van der Waals surface area contributed by atoms with Gasteiger partial charge in [0.2, 0.25) is 0 Å². The predicted octanol–water partition coefficient (Wildman–Crippen LogP) is 3.42. The molecule has 1 aromatic carbocycles. The summed E-state index contributed by atoms with van der Waals surface area (Å²) in [6, 6.07) is 8.37. The molecule has 0 radical (unpaired) electrons. The van der Waals surface area contributed by atoms with Crippen LogP contribution in [0, 0.1) is 6.92 Å². The Morgan fingerprint density at radius 2 is 1.76 bits per heavy atom. The molecule has 2 aromatic rings. The highest BCUT2D eigenvalue weighted by Crippen LogP contribution is 2.37. The number of benzene rings is 1. The molecule has 110 valence electrons. The highest BCUT2D eigenvalue weighted by molar-refractivity contribution is 7.24. The maximum atomic E-state index is 6.07. The first-order valence-electron chi connectivity index (χ1n) is 7.17. The van der Waals surface area contributed by atoms with Crippen molar-refractivity contribution in [2.75, 3.05) is 0 Å². The summed E-state index contributed by atoms with van der Waals surface area (Å²) in [6.45, 7) is 10.3. The first kappa shape index (κ1) is 14.8. The van der Waals surface area contributed by atoms with Crippen molar-refractivity contribution in [3.8, 4) is 10.6 Å². The predicted molar refractivity (Wildman–Crippen MR) is 88.0 cm³/mol. The van der Waals surface area contributed by atoms with Gasteiger partial charge in [0.25, 0.3) is 0 Å². The third kappa shape index (κ3) is 2.66. The summed E-state index contributed by atoms with van der Waals surface area (Å²) in [5.74, 6) is 0. The quantitative estimate of drug-likeness (QED) is 0.797. The van der Waals surface area contributed by atoms with E-state index < -0.39 is 0 Å². The van der Waals surface area contributed by atoms with E-state index in [4.69, 9.17) is 9.31 Å². The largest absolute Gasteiger partial charge is 0.507 e. The van der Waals surface area contributed by atoms with Gasteiger partial charge in [-0.05, 0) is 40.7 Å². The number of hydrogen-bond donors (Lipinski definition) is 0. The fourth-order valence-corrected chi connectivity index (χ4v) is 3.14. The monoisotopic (exact) mass is 301 g/mol. The van der Waals surface area contributed by atoms with Crippen LogP contribution in [0.1, 0.15) is 33.3 Å². The highest BCUT2D eigenvalue weighted by atomic mass is 32.1. The molecular weight excluding hydrogens is 281 g/mol. The van der Waals surface area contributed by atoms with Crippen LogP contribution in [0.15, 0.2) is 30.5 Å². The maximum Gasteiger partial charge on any atom is 0.507 e. The number of rotatable bonds is 2. The highest BCUT2D eigenvalue weighted by Gasteiger charge is 2.52. The summed E-state index contributed by atoms with van der Waals surface area (Å²) < 4.78 is 13.2. The molecule has 0 atom stereocenters. The standard InChI is InChI=1S/C16H20BNO2S/c1-11-7-6-8-12(9-11)14-18-10-13(21-14)17-19-15(2,3)16(4,5)20-17/h6-10H,1-5H3. The molecule has 1 saturated heterocycles. The number of hydrogen-bond acceptors (Lipinski definition) is 4. The second kappa shape index (κ2) is 4.94. The van der Waals surface area contributed by atoms with Crippen molar-refractivity contribution in [2.24, 2.45) is 0 Å². The first-order chi connectivity index (χ1) is 9.78. The van der Waals surface area contributed by atoms with Crippen molar-refractivity contribution >= 4 is 23.2 Å². The molecule has 0 spiro atoms. The summed E-state index contributed by atoms with van der Waals surface area (Å²) in [5, 5.41) is 1.00. The van der Waals surface area contributed by atoms with E-state index in [1.807, 2.05) is 6.20 Å². The second-order valence-electron chi connectivity index (χ2n) is 6.53. The molecule has 0 bridgehead atoms. The van der Waals surface area contributed by atoms with Crippen LogP contribution >= 0.6 is 11.3 Å². The maximum absolute atomic E-state index is 6.07. The fourth-order valence-electron chi connectivity index (χ4n) is 2.27. The molecule has 0 N–H and O–H groups in total. The van der Waals surface area contributed by atoms with Crippen molar-refractivity contribution in [1.82, 2.24) is 4.98 Å². The topological polar surface area (TPSA) is 31.4 Å². The SMILES string of the molecule is Cc1cccc(-c2ncc(B3OC(C)(C)C(C)(C)O3)s2)c1. The van der Waals surface area contributed by atoms with E-state index in [9.17, 15) is 0 Å². The summed E-state index contributed by atoms with van der Waals surface area (Å²) in [6.07, 6.45) is 1.87.